The van der Waals surface area contributed by atoms with E-state index in [2.05, 4.69) is 5.32 Å². The number of rotatable bonds is 5. The molecule has 1 atom stereocenters. The topological polar surface area (TPSA) is 75.6 Å². The third kappa shape index (κ3) is 3.60. The van der Waals surface area contributed by atoms with Crippen molar-refractivity contribution in [2.75, 3.05) is 7.11 Å². The molecule has 5 heteroatoms. The molecule has 1 unspecified atom stereocenters. The molecule has 1 amide bonds. The van der Waals surface area contributed by atoms with Crippen molar-refractivity contribution >= 4 is 11.9 Å². The SMILES string of the molecule is COc1ccccc1C(C)NC(=O)C(C)=C(C)C(=O)O. The summed E-state index contributed by atoms with van der Waals surface area (Å²) >= 11 is 0. The molecule has 20 heavy (non-hydrogen) atoms. The van der Waals surface area contributed by atoms with Crippen LogP contribution in [0.2, 0.25) is 0 Å². The maximum absolute atomic E-state index is 12.0. The van der Waals surface area contributed by atoms with Gasteiger partial charge in [-0.1, -0.05) is 18.2 Å². The van der Waals surface area contributed by atoms with Gasteiger partial charge >= 0.3 is 5.97 Å². The second-order valence-corrected chi connectivity index (χ2v) is 4.49. The van der Waals surface area contributed by atoms with Gasteiger partial charge in [-0.25, -0.2) is 4.79 Å². The van der Waals surface area contributed by atoms with Crippen LogP contribution < -0.4 is 10.1 Å². The number of hydrogen-bond acceptors (Lipinski definition) is 3. The van der Waals surface area contributed by atoms with Crippen LogP contribution in [0.25, 0.3) is 0 Å². The molecule has 5 nitrogen and oxygen atoms in total. The van der Waals surface area contributed by atoms with Crippen LogP contribution in [0.3, 0.4) is 0 Å². The van der Waals surface area contributed by atoms with Crippen LogP contribution in [0.4, 0.5) is 0 Å². The summed E-state index contributed by atoms with van der Waals surface area (Å²) < 4.78 is 5.24. The summed E-state index contributed by atoms with van der Waals surface area (Å²) in [5.41, 5.74) is 1.07. The number of nitrogens with one attached hydrogen (secondary N) is 1. The lowest BCUT2D eigenvalue weighted by Gasteiger charge is -2.17. The molecule has 0 saturated heterocycles. The summed E-state index contributed by atoms with van der Waals surface area (Å²) in [7, 11) is 1.56. The summed E-state index contributed by atoms with van der Waals surface area (Å²) in [6, 6.07) is 7.08. The standard InChI is InChI=1S/C15H19NO4/c1-9(10(2)15(18)19)14(17)16-11(3)12-7-5-6-8-13(12)20-4/h5-8,11H,1-4H3,(H,16,17)(H,18,19). The van der Waals surface area contributed by atoms with Crippen LogP contribution in [0.1, 0.15) is 32.4 Å². The minimum atomic E-state index is -1.09. The van der Waals surface area contributed by atoms with Gasteiger partial charge < -0.3 is 15.2 Å². The van der Waals surface area contributed by atoms with E-state index in [1.54, 1.807) is 7.11 Å². The molecule has 0 saturated carbocycles. The first kappa shape index (κ1) is 15.8. The van der Waals surface area contributed by atoms with E-state index < -0.39 is 11.9 Å². The summed E-state index contributed by atoms with van der Waals surface area (Å²) in [6.07, 6.45) is 0. The molecule has 0 spiro atoms. The molecule has 108 valence electrons. The first-order chi connectivity index (χ1) is 9.38. The fourth-order valence-electron chi connectivity index (χ4n) is 1.74. The Morgan fingerprint density at radius 3 is 2.35 bits per heavy atom. The van der Waals surface area contributed by atoms with Crippen molar-refractivity contribution in [3.63, 3.8) is 0 Å². The lowest BCUT2D eigenvalue weighted by atomic mass is 10.1. The maximum atomic E-state index is 12.0. The number of hydrogen-bond donors (Lipinski definition) is 2. The van der Waals surface area contributed by atoms with E-state index in [0.717, 1.165) is 5.56 Å². The molecule has 0 aliphatic carbocycles. The van der Waals surface area contributed by atoms with Crippen molar-refractivity contribution in [1.82, 2.24) is 5.32 Å². The fourth-order valence-corrected chi connectivity index (χ4v) is 1.74. The molecule has 1 rings (SSSR count). The molecular formula is C15H19NO4. The van der Waals surface area contributed by atoms with Crippen LogP contribution in [0.5, 0.6) is 5.75 Å². The maximum Gasteiger partial charge on any atom is 0.331 e. The predicted molar refractivity (Wildman–Crippen MR) is 75.6 cm³/mol. The van der Waals surface area contributed by atoms with E-state index in [1.807, 2.05) is 31.2 Å². The fraction of sp³-hybridized carbons (Fsp3) is 0.333. The number of carbonyl (C=O) groups excluding carboxylic acids is 1. The van der Waals surface area contributed by atoms with Gasteiger partial charge in [0.2, 0.25) is 5.91 Å². The molecule has 1 aromatic carbocycles. The highest BCUT2D eigenvalue weighted by Crippen LogP contribution is 2.24. The molecule has 2 N–H and O–H groups in total. The third-order valence-electron chi connectivity index (χ3n) is 3.18. The van der Waals surface area contributed by atoms with Crippen molar-refractivity contribution in [2.45, 2.75) is 26.8 Å². The monoisotopic (exact) mass is 277 g/mol. The zero-order valence-corrected chi connectivity index (χ0v) is 12.1. The highest BCUT2D eigenvalue weighted by atomic mass is 16.5. The van der Waals surface area contributed by atoms with Crippen LogP contribution in [0, 0.1) is 0 Å². The van der Waals surface area contributed by atoms with Gasteiger partial charge in [-0.05, 0) is 26.8 Å². The van der Waals surface area contributed by atoms with Crippen molar-refractivity contribution < 1.29 is 19.4 Å². The van der Waals surface area contributed by atoms with E-state index in [1.165, 1.54) is 13.8 Å². The highest BCUT2D eigenvalue weighted by Gasteiger charge is 2.17. The smallest absolute Gasteiger partial charge is 0.331 e. The second-order valence-electron chi connectivity index (χ2n) is 4.49. The van der Waals surface area contributed by atoms with Crippen molar-refractivity contribution in [3.05, 3.63) is 41.0 Å². The number of ether oxygens (including phenoxy) is 1. The summed E-state index contributed by atoms with van der Waals surface area (Å²) in [5.74, 6) is -0.817. The molecule has 0 aromatic heterocycles. The molecule has 0 radical (unpaired) electrons. The van der Waals surface area contributed by atoms with E-state index in [9.17, 15) is 9.59 Å². The Hall–Kier alpha value is -2.30. The number of carbonyl (C=O) groups is 2. The highest BCUT2D eigenvalue weighted by molar-refractivity contribution is 6.01. The summed E-state index contributed by atoms with van der Waals surface area (Å²) in [6.45, 7) is 4.72. The Morgan fingerprint density at radius 1 is 1.20 bits per heavy atom. The largest absolute Gasteiger partial charge is 0.496 e. The van der Waals surface area contributed by atoms with E-state index >= 15 is 0 Å². The number of aliphatic carboxylic acids is 1. The lowest BCUT2D eigenvalue weighted by molar-refractivity contribution is -0.133. The van der Waals surface area contributed by atoms with E-state index in [0.29, 0.717) is 5.75 Å². The van der Waals surface area contributed by atoms with Gasteiger partial charge in [0, 0.05) is 16.7 Å². The first-order valence-electron chi connectivity index (χ1n) is 6.23. The summed E-state index contributed by atoms with van der Waals surface area (Å²) in [4.78, 5) is 22.8. The van der Waals surface area contributed by atoms with Gasteiger partial charge in [-0.3, -0.25) is 4.79 Å². The number of carboxylic acid groups (broad SMARTS) is 1. The molecule has 1 aromatic rings. The quantitative estimate of drug-likeness (QED) is 0.810. The summed E-state index contributed by atoms with van der Waals surface area (Å²) in [5, 5.41) is 11.6. The molecule has 0 fully saturated rings. The Morgan fingerprint density at radius 2 is 1.80 bits per heavy atom. The van der Waals surface area contributed by atoms with Gasteiger partial charge in [0.25, 0.3) is 0 Å². The molecule has 0 aliphatic heterocycles. The van der Waals surface area contributed by atoms with Gasteiger partial charge in [0.05, 0.1) is 13.2 Å². The molecule has 0 heterocycles. The minimum Gasteiger partial charge on any atom is -0.496 e. The Bertz CT molecular complexity index is 549. The molecule has 0 aliphatic rings. The predicted octanol–water partition coefficient (Wildman–Crippen LogP) is 2.29. The Balaban J connectivity index is 2.91. The number of carboxylic acids is 1. The van der Waals surface area contributed by atoms with Crippen molar-refractivity contribution in [1.29, 1.82) is 0 Å². The third-order valence-corrected chi connectivity index (χ3v) is 3.18. The number of para-hydroxylation sites is 1. The average Bonchev–Trinajstić information content (AvgIpc) is 2.45. The normalized spacial score (nSPS) is 13.2. The van der Waals surface area contributed by atoms with Gasteiger partial charge in [-0.2, -0.15) is 0 Å². The van der Waals surface area contributed by atoms with E-state index in [-0.39, 0.29) is 17.2 Å². The second kappa shape index (κ2) is 6.75. The lowest BCUT2D eigenvalue weighted by Crippen LogP contribution is -2.28. The number of amides is 1. The van der Waals surface area contributed by atoms with Gasteiger partial charge in [0.1, 0.15) is 5.75 Å². The first-order valence-corrected chi connectivity index (χ1v) is 6.23. The van der Waals surface area contributed by atoms with Gasteiger partial charge in [-0.15, -0.1) is 0 Å². The van der Waals surface area contributed by atoms with Crippen molar-refractivity contribution in [2.24, 2.45) is 0 Å². The van der Waals surface area contributed by atoms with Crippen LogP contribution >= 0.6 is 0 Å². The number of methoxy groups -OCH3 is 1. The van der Waals surface area contributed by atoms with Crippen LogP contribution in [0.15, 0.2) is 35.4 Å². The molecular weight excluding hydrogens is 258 g/mol. The van der Waals surface area contributed by atoms with Crippen LogP contribution in [-0.2, 0) is 9.59 Å². The zero-order valence-electron chi connectivity index (χ0n) is 12.1. The zero-order chi connectivity index (χ0) is 15.3. The Labute approximate surface area is 118 Å². The minimum absolute atomic E-state index is 0.0368. The Kier molecular flexibility index (Phi) is 5.32. The molecule has 0 bridgehead atoms. The van der Waals surface area contributed by atoms with E-state index in [4.69, 9.17) is 9.84 Å². The van der Waals surface area contributed by atoms with Crippen molar-refractivity contribution in [3.8, 4) is 5.75 Å². The van der Waals surface area contributed by atoms with Crippen LogP contribution in [-0.4, -0.2) is 24.1 Å². The number of benzene rings is 1. The average molecular weight is 277 g/mol. The van der Waals surface area contributed by atoms with Gasteiger partial charge in [0.15, 0.2) is 0 Å².